The lowest BCUT2D eigenvalue weighted by atomic mass is 9.86. The van der Waals surface area contributed by atoms with Gasteiger partial charge in [0.05, 0.1) is 0 Å². The summed E-state index contributed by atoms with van der Waals surface area (Å²) in [5.41, 5.74) is 2.87. The monoisotopic (exact) mass is 486 g/mol. The van der Waals surface area contributed by atoms with Gasteiger partial charge >= 0.3 is 0 Å². The molecule has 3 rings (SSSR count). The highest BCUT2D eigenvalue weighted by Crippen LogP contribution is 2.31. The maximum Gasteiger partial charge on any atom is 0.261 e. The summed E-state index contributed by atoms with van der Waals surface area (Å²) < 4.78 is 6.08. The predicted molar refractivity (Wildman–Crippen MR) is 145 cm³/mol. The summed E-state index contributed by atoms with van der Waals surface area (Å²) >= 11 is 0. The number of hydrogen-bond donors (Lipinski definition) is 1. The summed E-state index contributed by atoms with van der Waals surface area (Å²) in [6.07, 6.45) is 1.25. The van der Waals surface area contributed by atoms with Crippen LogP contribution in [-0.4, -0.2) is 35.9 Å². The molecule has 0 spiro atoms. The van der Waals surface area contributed by atoms with Gasteiger partial charge in [-0.15, -0.1) is 0 Å². The molecule has 0 aliphatic rings. The van der Waals surface area contributed by atoms with Crippen LogP contribution in [0.15, 0.2) is 84.9 Å². The average Bonchev–Trinajstić information content (AvgIpc) is 2.88. The molecule has 5 heteroatoms. The Morgan fingerprint density at radius 3 is 2.06 bits per heavy atom. The average molecular weight is 487 g/mol. The summed E-state index contributed by atoms with van der Waals surface area (Å²) in [4.78, 5) is 28.7. The Kier molecular flexibility index (Phi) is 9.69. The van der Waals surface area contributed by atoms with Crippen molar-refractivity contribution in [2.75, 3.05) is 13.2 Å². The molecule has 0 saturated carbocycles. The Morgan fingerprint density at radius 1 is 0.861 bits per heavy atom. The van der Waals surface area contributed by atoms with Crippen LogP contribution in [-0.2, 0) is 28.0 Å². The summed E-state index contributed by atoms with van der Waals surface area (Å²) in [5, 5.41) is 3.00. The van der Waals surface area contributed by atoms with E-state index in [0.29, 0.717) is 25.3 Å². The molecule has 0 radical (unpaired) electrons. The molecule has 3 aromatic carbocycles. The van der Waals surface area contributed by atoms with Gasteiger partial charge < -0.3 is 15.0 Å². The van der Waals surface area contributed by atoms with E-state index in [-0.39, 0.29) is 23.8 Å². The summed E-state index contributed by atoms with van der Waals surface area (Å²) in [6, 6.07) is 26.7. The van der Waals surface area contributed by atoms with E-state index in [1.165, 1.54) is 0 Å². The van der Waals surface area contributed by atoms with Crippen molar-refractivity contribution in [3.8, 4) is 5.75 Å². The summed E-state index contributed by atoms with van der Waals surface area (Å²) in [5.74, 6) is 0.309. The molecule has 0 heterocycles. The molecule has 2 amide bonds. The second-order valence-electron chi connectivity index (χ2n) is 10.0. The van der Waals surface area contributed by atoms with Crippen molar-refractivity contribution in [1.29, 1.82) is 0 Å². The van der Waals surface area contributed by atoms with Crippen molar-refractivity contribution in [2.24, 2.45) is 0 Å². The molecule has 190 valence electrons. The van der Waals surface area contributed by atoms with Gasteiger partial charge in [-0.1, -0.05) is 107 Å². The van der Waals surface area contributed by atoms with Crippen molar-refractivity contribution in [3.63, 3.8) is 0 Å². The molecule has 5 nitrogen and oxygen atoms in total. The van der Waals surface area contributed by atoms with Crippen LogP contribution in [0.1, 0.15) is 50.8 Å². The second kappa shape index (κ2) is 12.9. The van der Waals surface area contributed by atoms with Crippen LogP contribution in [0.3, 0.4) is 0 Å². The zero-order chi connectivity index (χ0) is 26.0. The van der Waals surface area contributed by atoms with Crippen LogP contribution in [0.25, 0.3) is 0 Å². The van der Waals surface area contributed by atoms with Crippen LogP contribution in [0.5, 0.6) is 5.75 Å². The van der Waals surface area contributed by atoms with E-state index in [0.717, 1.165) is 23.1 Å². The molecule has 1 atom stereocenters. The lowest BCUT2D eigenvalue weighted by Crippen LogP contribution is -2.51. The van der Waals surface area contributed by atoms with Crippen LogP contribution < -0.4 is 10.1 Å². The Balaban J connectivity index is 1.90. The van der Waals surface area contributed by atoms with Gasteiger partial charge in [0, 0.05) is 19.5 Å². The molecule has 0 aliphatic heterocycles. The highest BCUT2D eigenvalue weighted by molar-refractivity contribution is 5.88. The molecule has 0 saturated heterocycles. The first-order valence-corrected chi connectivity index (χ1v) is 12.7. The van der Waals surface area contributed by atoms with Gasteiger partial charge in [0.25, 0.3) is 5.91 Å². The molecule has 0 unspecified atom stereocenters. The van der Waals surface area contributed by atoms with Crippen LogP contribution >= 0.6 is 0 Å². The fraction of sp³-hybridized carbons (Fsp3) is 0.355. The number of rotatable bonds is 11. The molecule has 0 fully saturated rings. The first-order chi connectivity index (χ1) is 17.3. The Morgan fingerprint density at radius 2 is 1.44 bits per heavy atom. The Labute approximate surface area is 215 Å². The minimum absolute atomic E-state index is 0.126. The number of carbonyl (C=O) groups excluding carboxylic acids is 2. The topological polar surface area (TPSA) is 58.6 Å². The summed E-state index contributed by atoms with van der Waals surface area (Å²) in [7, 11) is 0. The first-order valence-electron chi connectivity index (χ1n) is 12.7. The first kappa shape index (κ1) is 27.0. The maximum absolute atomic E-state index is 13.7. The third-order valence-electron chi connectivity index (χ3n) is 6.06. The molecule has 36 heavy (non-hydrogen) atoms. The fourth-order valence-electron chi connectivity index (χ4n) is 4.13. The zero-order valence-corrected chi connectivity index (χ0v) is 21.9. The number of hydrogen-bond acceptors (Lipinski definition) is 3. The number of carbonyl (C=O) groups is 2. The minimum Gasteiger partial charge on any atom is -0.483 e. The number of nitrogens with one attached hydrogen (secondary N) is 1. The number of ether oxygens (including phenoxy) is 1. The molecule has 0 aromatic heterocycles. The van der Waals surface area contributed by atoms with Crippen molar-refractivity contribution in [1.82, 2.24) is 10.2 Å². The fourth-order valence-corrected chi connectivity index (χ4v) is 4.13. The van der Waals surface area contributed by atoms with Crippen LogP contribution in [0.2, 0.25) is 0 Å². The second-order valence-corrected chi connectivity index (χ2v) is 10.0. The Bertz CT molecular complexity index is 1110. The van der Waals surface area contributed by atoms with E-state index >= 15 is 0 Å². The third kappa shape index (κ3) is 7.70. The van der Waals surface area contributed by atoms with Gasteiger partial charge in [0.2, 0.25) is 5.91 Å². The summed E-state index contributed by atoms with van der Waals surface area (Å²) in [6.45, 7) is 9.10. The molecule has 3 aromatic rings. The van der Waals surface area contributed by atoms with E-state index in [4.69, 9.17) is 4.74 Å². The quantitative estimate of drug-likeness (QED) is 0.388. The predicted octanol–water partition coefficient (Wildman–Crippen LogP) is 5.53. The number of amides is 2. The molecular formula is C31H38N2O3. The van der Waals surface area contributed by atoms with Crippen molar-refractivity contribution in [3.05, 3.63) is 102 Å². The lowest BCUT2D eigenvalue weighted by Gasteiger charge is -2.32. The van der Waals surface area contributed by atoms with Crippen molar-refractivity contribution < 1.29 is 14.3 Å². The van der Waals surface area contributed by atoms with E-state index in [9.17, 15) is 9.59 Å². The standard InChI is InChI=1S/C31H38N2O3/c1-5-20-32-30(35)27(21-24-14-8-6-9-15-24)33(22-25-16-10-7-11-17-25)29(34)23-36-28-19-13-12-18-26(28)31(2,3)4/h6-19,27H,5,20-23H2,1-4H3,(H,32,35)/t27-/m1/s1. The minimum atomic E-state index is -0.659. The Hall–Kier alpha value is -3.60. The van der Waals surface area contributed by atoms with Gasteiger partial charge in [-0.2, -0.15) is 0 Å². The molecular weight excluding hydrogens is 448 g/mol. The van der Waals surface area contributed by atoms with Gasteiger partial charge in [0.15, 0.2) is 6.61 Å². The lowest BCUT2D eigenvalue weighted by molar-refractivity contribution is -0.142. The van der Waals surface area contributed by atoms with Gasteiger partial charge in [0.1, 0.15) is 11.8 Å². The highest BCUT2D eigenvalue weighted by Gasteiger charge is 2.31. The van der Waals surface area contributed by atoms with Gasteiger partial charge in [-0.25, -0.2) is 0 Å². The zero-order valence-electron chi connectivity index (χ0n) is 21.9. The van der Waals surface area contributed by atoms with E-state index < -0.39 is 6.04 Å². The van der Waals surface area contributed by atoms with Crippen LogP contribution in [0, 0.1) is 0 Å². The molecule has 0 bridgehead atoms. The smallest absolute Gasteiger partial charge is 0.261 e. The normalized spacial score (nSPS) is 12.0. The molecule has 0 aliphatic carbocycles. The van der Waals surface area contributed by atoms with Gasteiger partial charge in [-0.05, 0) is 34.6 Å². The number of benzene rings is 3. The van der Waals surface area contributed by atoms with E-state index in [1.807, 2.05) is 91.9 Å². The maximum atomic E-state index is 13.7. The SMILES string of the molecule is CCCNC(=O)[C@@H](Cc1ccccc1)N(Cc1ccccc1)C(=O)COc1ccccc1C(C)(C)C. The number of nitrogens with zero attached hydrogens (tertiary/aromatic N) is 1. The van der Waals surface area contributed by atoms with Crippen molar-refractivity contribution >= 4 is 11.8 Å². The van der Waals surface area contributed by atoms with E-state index in [1.54, 1.807) is 4.90 Å². The van der Waals surface area contributed by atoms with Crippen molar-refractivity contribution in [2.45, 2.75) is 58.5 Å². The largest absolute Gasteiger partial charge is 0.483 e. The third-order valence-corrected chi connectivity index (χ3v) is 6.06. The van der Waals surface area contributed by atoms with Crippen LogP contribution in [0.4, 0.5) is 0 Å². The molecule has 1 N–H and O–H groups in total. The van der Waals surface area contributed by atoms with E-state index in [2.05, 4.69) is 26.1 Å². The number of para-hydroxylation sites is 1. The highest BCUT2D eigenvalue weighted by atomic mass is 16.5. The van der Waals surface area contributed by atoms with Gasteiger partial charge in [-0.3, -0.25) is 9.59 Å².